The summed E-state index contributed by atoms with van der Waals surface area (Å²) in [6.45, 7) is 0.889. The second-order valence-electron chi connectivity index (χ2n) is 5.63. The third-order valence-electron chi connectivity index (χ3n) is 3.96. The topological polar surface area (TPSA) is 63.8 Å². The Hall–Kier alpha value is -2.76. The largest absolute Gasteiger partial charge is 0.361 e. The summed E-state index contributed by atoms with van der Waals surface area (Å²) in [6.07, 6.45) is 6.66. The average Bonchev–Trinajstić information content (AvgIpc) is 3.19. The number of hydrogen-bond acceptors (Lipinski definition) is 5. The number of aromatic nitrogens is 2. The second kappa shape index (κ2) is 9.08. The Morgan fingerprint density at radius 2 is 1.81 bits per heavy atom. The number of nitrogens with two attached hydrogens (primary N) is 1. The molecule has 2 aromatic carbocycles. The lowest BCUT2D eigenvalue weighted by Crippen LogP contribution is -2.03. The van der Waals surface area contributed by atoms with Crippen molar-refractivity contribution in [3.63, 3.8) is 0 Å². The minimum Gasteiger partial charge on any atom is -0.361 e. The van der Waals surface area contributed by atoms with Crippen molar-refractivity contribution in [1.82, 2.24) is 9.97 Å². The van der Waals surface area contributed by atoms with Gasteiger partial charge in [0.25, 0.3) is 0 Å². The van der Waals surface area contributed by atoms with Crippen LogP contribution in [0.5, 0.6) is 0 Å². The molecule has 0 bridgehead atoms. The number of nitrogens with zero attached hydrogens (tertiary/aromatic N) is 2. The van der Waals surface area contributed by atoms with Gasteiger partial charge in [-0.15, -0.1) is 0 Å². The number of thiazole rings is 1. The zero-order valence-corrected chi connectivity index (χ0v) is 15.5. The maximum absolute atomic E-state index is 4.50. The van der Waals surface area contributed by atoms with Gasteiger partial charge in [-0.3, -0.25) is 4.98 Å². The van der Waals surface area contributed by atoms with Crippen molar-refractivity contribution in [1.29, 1.82) is 0 Å². The minimum atomic E-state index is 0.889. The lowest BCUT2D eigenvalue weighted by molar-refractivity contribution is 1.02. The predicted octanol–water partition coefficient (Wildman–Crippen LogP) is 4.59. The molecule has 0 aliphatic rings. The van der Waals surface area contributed by atoms with Gasteiger partial charge in [-0.25, -0.2) is 4.98 Å². The van der Waals surface area contributed by atoms with Gasteiger partial charge < -0.3 is 11.1 Å². The van der Waals surface area contributed by atoms with E-state index in [0.29, 0.717) is 0 Å². The van der Waals surface area contributed by atoms with E-state index in [1.54, 1.807) is 11.3 Å². The predicted molar refractivity (Wildman–Crippen MR) is 112 cm³/mol. The molecule has 0 atom stereocenters. The van der Waals surface area contributed by atoms with Crippen LogP contribution in [0.3, 0.4) is 0 Å². The van der Waals surface area contributed by atoms with Crippen LogP contribution < -0.4 is 11.1 Å². The molecule has 132 valence electrons. The summed E-state index contributed by atoms with van der Waals surface area (Å²) in [6, 6.07) is 19.0. The molecule has 0 amide bonds. The Balaban J connectivity index is 0.000000948. The first-order valence-electron chi connectivity index (χ1n) is 8.54. The molecule has 4 nitrogen and oxygen atoms in total. The quantitative estimate of drug-likeness (QED) is 0.545. The van der Waals surface area contributed by atoms with Crippen LogP contribution in [0.25, 0.3) is 21.2 Å². The highest BCUT2D eigenvalue weighted by Gasteiger charge is 2.05. The van der Waals surface area contributed by atoms with Gasteiger partial charge in [-0.2, -0.15) is 0 Å². The van der Waals surface area contributed by atoms with Crippen LogP contribution in [0.15, 0.2) is 73.2 Å². The van der Waals surface area contributed by atoms with Crippen LogP contribution in [0.4, 0.5) is 5.13 Å². The zero-order valence-electron chi connectivity index (χ0n) is 14.7. The third-order valence-corrected chi connectivity index (χ3v) is 4.97. The minimum absolute atomic E-state index is 0.889. The lowest BCUT2D eigenvalue weighted by Gasteiger charge is -2.03. The first-order chi connectivity index (χ1) is 12.9. The molecule has 26 heavy (non-hydrogen) atoms. The Morgan fingerprint density at radius 1 is 0.962 bits per heavy atom. The molecule has 0 saturated carbocycles. The molecule has 0 saturated heterocycles. The number of nitrogens with one attached hydrogen (secondary N) is 1. The zero-order chi connectivity index (χ0) is 18.2. The Labute approximate surface area is 157 Å². The summed E-state index contributed by atoms with van der Waals surface area (Å²) in [5.74, 6) is 0. The van der Waals surface area contributed by atoms with Gasteiger partial charge >= 0.3 is 0 Å². The summed E-state index contributed by atoms with van der Waals surface area (Å²) in [4.78, 5) is 9.83. The lowest BCUT2D eigenvalue weighted by atomic mass is 10.1. The molecule has 3 N–H and O–H groups in total. The maximum Gasteiger partial charge on any atom is 0.183 e. The van der Waals surface area contributed by atoms with Gasteiger partial charge in [-0.1, -0.05) is 53.8 Å². The molecule has 2 aromatic heterocycles. The SMILES string of the molecule is CN.c1ccc(CCNc2ncc(-c3ccc4cnccc4c3)s2)cc1. The summed E-state index contributed by atoms with van der Waals surface area (Å²) < 4.78 is 0. The fourth-order valence-corrected chi connectivity index (χ4v) is 3.52. The van der Waals surface area contributed by atoms with Crippen LogP contribution in [-0.2, 0) is 6.42 Å². The highest BCUT2D eigenvalue weighted by molar-refractivity contribution is 7.18. The number of fused-ring (bicyclic) bond motifs is 1. The van der Waals surface area contributed by atoms with Crippen molar-refractivity contribution in [2.75, 3.05) is 18.9 Å². The fraction of sp³-hybridized carbons (Fsp3) is 0.143. The molecule has 4 aromatic rings. The normalized spacial score (nSPS) is 10.2. The Kier molecular flexibility index (Phi) is 6.30. The number of rotatable bonds is 5. The van der Waals surface area contributed by atoms with Gasteiger partial charge in [0.2, 0.25) is 0 Å². The van der Waals surface area contributed by atoms with E-state index in [0.717, 1.165) is 23.5 Å². The van der Waals surface area contributed by atoms with Crippen molar-refractivity contribution in [3.8, 4) is 10.4 Å². The van der Waals surface area contributed by atoms with E-state index >= 15 is 0 Å². The van der Waals surface area contributed by atoms with Crippen LogP contribution in [0.2, 0.25) is 0 Å². The van der Waals surface area contributed by atoms with Crippen LogP contribution in [0.1, 0.15) is 5.56 Å². The van der Waals surface area contributed by atoms with E-state index in [2.05, 4.69) is 63.5 Å². The summed E-state index contributed by atoms with van der Waals surface area (Å²) in [7, 11) is 1.50. The van der Waals surface area contributed by atoms with E-state index in [4.69, 9.17) is 0 Å². The van der Waals surface area contributed by atoms with Crippen molar-refractivity contribution < 1.29 is 0 Å². The molecule has 2 heterocycles. The summed E-state index contributed by atoms with van der Waals surface area (Å²) >= 11 is 1.69. The molecule has 0 radical (unpaired) electrons. The molecule has 0 aliphatic heterocycles. The van der Waals surface area contributed by atoms with E-state index in [9.17, 15) is 0 Å². The Bertz CT molecular complexity index is 950. The molecular formula is C21H22N4S. The molecule has 0 unspecified atom stereocenters. The summed E-state index contributed by atoms with van der Waals surface area (Å²) in [5, 5.41) is 6.75. The first kappa shape index (κ1) is 18.0. The smallest absolute Gasteiger partial charge is 0.183 e. The molecule has 0 spiro atoms. The Morgan fingerprint density at radius 3 is 2.65 bits per heavy atom. The van der Waals surface area contributed by atoms with Crippen molar-refractivity contribution in [3.05, 3.63) is 78.8 Å². The van der Waals surface area contributed by atoms with E-state index in [1.807, 2.05) is 30.7 Å². The van der Waals surface area contributed by atoms with E-state index < -0.39 is 0 Å². The number of pyridine rings is 1. The van der Waals surface area contributed by atoms with Crippen molar-refractivity contribution in [2.24, 2.45) is 5.73 Å². The van der Waals surface area contributed by atoms with Gasteiger partial charge in [0.15, 0.2) is 5.13 Å². The number of hydrogen-bond donors (Lipinski definition) is 2. The average molecular weight is 363 g/mol. The number of benzene rings is 2. The highest BCUT2D eigenvalue weighted by atomic mass is 32.1. The van der Waals surface area contributed by atoms with Crippen LogP contribution in [0, 0.1) is 0 Å². The standard InChI is InChI=1S/C20H17N3S.CH5N/c1-2-4-15(5-3-1)8-11-22-20-23-14-19(24-20)17-6-7-18-13-21-10-9-16(18)12-17;1-2/h1-7,9-10,12-14H,8,11H2,(H,22,23);2H2,1H3. The monoisotopic (exact) mass is 362 g/mol. The van der Waals surface area contributed by atoms with E-state index in [1.165, 1.54) is 28.4 Å². The molecule has 4 rings (SSSR count). The van der Waals surface area contributed by atoms with Crippen molar-refractivity contribution >= 4 is 27.2 Å². The molecule has 0 fully saturated rings. The van der Waals surface area contributed by atoms with Gasteiger partial charge in [0, 0.05) is 30.5 Å². The molecule has 5 heteroatoms. The van der Waals surface area contributed by atoms with Crippen LogP contribution in [-0.4, -0.2) is 23.6 Å². The molecular weight excluding hydrogens is 340 g/mol. The molecule has 0 aliphatic carbocycles. The number of anilines is 1. The van der Waals surface area contributed by atoms with E-state index in [-0.39, 0.29) is 0 Å². The highest BCUT2D eigenvalue weighted by Crippen LogP contribution is 2.30. The fourth-order valence-electron chi connectivity index (χ4n) is 2.68. The van der Waals surface area contributed by atoms with Crippen molar-refractivity contribution in [2.45, 2.75) is 6.42 Å². The van der Waals surface area contributed by atoms with Gasteiger partial charge in [0.1, 0.15) is 0 Å². The summed E-state index contributed by atoms with van der Waals surface area (Å²) in [5.41, 5.74) is 7.03. The second-order valence-corrected chi connectivity index (χ2v) is 6.66. The third kappa shape index (κ3) is 4.45. The first-order valence-corrected chi connectivity index (χ1v) is 9.36. The van der Waals surface area contributed by atoms with Gasteiger partial charge in [0.05, 0.1) is 4.88 Å². The van der Waals surface area contributed by atoms with Crippen LogP contribution >= 0.6 is 11.3 Å². The maximum atomic E-state index is 4.50. The van der Waals surface area contributed by atoms with Gasteiger partial charge in [-0.05, 0) is 42.1 Å².